The summed E-state index contributed by atoms with van der Waals surface area (Å²) in [7, 11) is 0. The summed E-state index contributed by atoms with van der Waals surface area (Å²) >= 11 is 0. The summed E-state index contributed by atoms with van der Waals surface area (Å²) in [5.41, 5.74) is 3.46. The Morgan fingerprint density at radius 3 is 2.58 bits per heavy atom. The molecule has 3 rings (SSSR count). The van der Waals surface area contributed by atoms with Crippen molar-refractivity contribution in [2.75, 3.05) is 13.1 Å². The Bertz CT molecular complexity index is 527. The third kappa shape index (κ3) is 2.71. The molecule has 3 heteroatoms. The topological polar surface area (TPSA) is 30.5 Å². The van der Waals surface area contributed by atoms with Crippen molar-refractivity contribution in [1.82, 2.24) is 5.16 Å². The molecule has 0 atom stereocenters. The number of nitrogens with zero attached hydrogens (tertiary/aromatic N) is 1. The lowest BCUT2D eigenvalue weighted by Gasteiger charge is -2.23. The molecule has 0 saturated carbocycles. The second-order valence-electron chi connectivity index (χ2n) is 5.42. The van der Waals surface area contributed by atoms with E-state index in [0.717, 1.165) is 23.6 Å². The van der Waals surface area contributed by atoms with Gasteiger partial charge in [-0.05, 0) is 26.2 Å². The highest BCUT2D eigenvalue weighted by Gasteiger charge is 2.21. The molecule has 0 aliphatic carbocycles. The van der Waals surface area contributed by atoms with Crippen LogP contribution in [0.15, 0.2) is 34.9 Å². The molecular formula is C16H21N2O+. The van der Waals surface area contributed by atoms with Gasteiger partial charge in [-0.1, -0.05) is 35.5 Å². The zero-order valence-corrected chi connectivity index (χ0v) is 11.5. The molecule has 2 heterocycles. The summed E-state index contributed by atoms with van der Waals surface area (Å²) in [6, 6.07) is 10.3. The molecule has 0 unspecified atom stereocenters. The van der Waals surface area contributed by atoms with Crippen molar-refractivity contribution in [3.05, 3.63) is 41.7 Å². The number of quaternary nitrogens is 1. The van der Waals surface area contributed by atoms with Crippen LogP contribution >= 0.6 is 0 Å². The van der Waals surface area contributed by atoms with Crippen molar-refractivity contribution in [3.8, 4) is 11.3 Å². The lowest BCUT2D eigenvalue weighted by molar-refractivity contribution is -0.918. The molecule has 0 amide bonds. The van der Waals surface area contributed by atoms with Crippen molar-refractivity contribution in [2.45, 2.75) is 32.7 Å². The van der Waals surface area contributed by atoms with Crippen LogP contribution in [0.25, 0.3) is 11.3 Å². The van der Waals surface area contributed by atoms with Crippen molar-refractivity contribution in [2.24, 2.45) is 0 Å². The first-order valence-corrected chi connectivity index (χ1v) is 7.19. The lowest BCUT2D eigenvalue weighted by atomic mass is 10.0. The fourth-order valence-electron chi connectivity index (χ4n) is 2.90. The van der Waals surface area contributed by atoms with Gasteiger partial charge in [0.15, 0.2) is 0 Å². The molecule has 0 radical (unpaired) electrons. The van der Waals surface area contributed by atoms with Gasteiger partial charge in [-0.3, -0.25) is 0 Å². The van der Waals surface area contributed by atoms with E-state index in [9.17, 15) is 0 Å². The first-order chi connectivity index (χ1) is 9.34. The second kappa shape index (κ2) is 5.57. The number of hydrogen-bond donors (Lipinski definition) is 1. The van der Waals surface area contributed by atoms with E-state index in [1.165, 1.54) is 37.9 Å². The lowest BCUT2D eigenvalue weighted by Crippen LogP contribution is -3.11. The molecule has 1 aliphatic heterocycles. The molecule has 1 N–H and O–H groups in total. The first-order valence-electron chi connectivity index (χ1n) is 7.19. The Balaban J connectivity index is 1.86. The van der Waals surface area contributed by atoms with E-state index in [2.05, 4.69) is 29.4 Å². The minimum absolute atomic E-state index is 0.969. The fraction of sp³-hybridized carbons (Fsp3) is 0.438. The fourth-order valence-corrected chi connectivity index (χ4v) is 2.90. The van der Waals surface area contributed by atoms with Gasteiger partial charge >= 0.3 is 0 Å². The normalized spacial score (nSPS) is 16.7. The summed E-state index contributed by atoms with van der Waals surface area (Å²) in [6.07, 6.45) is 4.08. The van der Waals surface area contributed by atoms with Crippen LogP contribution in [0, 0.1) is 6.92 Å². The average Bonchev–Trinajstić information content (AvgIpc) is 2.82. The van der Waals surface area contributed by atoms with Gasteiger partial charge in [-0.25, -0.2) is 0 Å². The summed E-state index contributed by atoms with van der Waals surface area (Å²) in [5.74, 6) is 0.969. The molecule has 1 aromatic carbocycles. The zero-order chi connectivity index (χ0) is 13.1. The number of aromatic nitrogens is 1. The standard InChI is InChI=1S/C16H20N2O/c1-13-15(12-18-10-6-3-7-11-18)16(17-19-13)14-8-4-2-5-9-14/h2,4-5,8-9H,3,6-7,10-12H2,1H3/p+1. The van der Waals surface area contributed by atoms with Crippen molar-refractivity contribution in [1.29, 1.82) is 0 Å². The van der Waals surface area contributed by atoms with Crippen LogP contribution in [-0.4, -0.2) is 18.2 Å². The van der Waals surface area contributed by atoms with Crippen molar-refractivity contribution < 1.29 is 9.42 Å². The highest BCUT2D eigenvalue weighted by molar-refractivity contribution is 5.62. The monoisotopic (exact) mass is 257 g/mol. The molecule has 19 heavy (non-hydrogen) atoms. The smallest absolute Gasteiger partial charge is 0.143 e. The van der Waals surface area contributed by atoms with E-state index >= 15 is 0 Å². The highest BCUT2D eigenvalue weighted by Crippen LogP contribution is 2.24. The minimum Gasteiger partial charge on any atom is -0.361 e. The van der Waals surface area contributed by atoms with Crippen LogP contribution in [0.3, 0.4) is 0 Å². The van der Waals surface area contributed by atoms with Crippen LogP contribution in [-0.2, 0) is 6.54 Å². The van der Waals surface area contributed by atoms with E-state index < -0.39 is 0 Å². The second-order valence-corrected chi connectivity index (χ2v) is 5.42. The van der Waals surface area contributed by atoms with Gasteiger partial charge in [-0.15, -0.1) is 0 Å². The zero-order valence-electron chi connectivity index (χ0n) is 11.5. The Kier molecular flexibility index (Phi) is 3.65. The number of aryl methyl sites for hydroxylation is 1. The number of piperidine rings is 1. The summed E-state index contributed by atoms with van der Waals surface area (Å²) in [4.78, 5) is 1.66. The molecular weight excluding hydrogens is 236 g/mol. The van der Waals surface area contributed by atoms with E-state index in [-0.39, 0.29) is 0 Å². The van der Waals surface area contributed by atoms with Crippen molar-refractivity contribution >= 4 is 0 Å². The maximum absolute atomic E-state index is 5.43. The number of nitrogens with one attached hydrogen (secondary N) is 1. The predicted molar refractivity (Wildman–Crippen MR) is 74.9 cm³/mol. The number of likely N-dealkylation sites (tertiary alicyclic amines) is 1. The number of benzene rings is 1. The van der Waals surface area contributed by atoms with Gasteiger partial charge in [0.05, 0.1) is 18.7 Å². The van der Waals surface area contributed by atoms with Gasteiger partial charge in [0.25, 0.3) is 0 Å². The highest BCUT2D eigenvalue weighted by atomic mass is 16.5. The molecule has 0 bridgehead atoms. The maximum Gasteiger partial charge on any atom is 0.143 e. The van der Waals surface area contributed by atoms with Crippen LogP contribution in [0.1, 0.15) is 30.6 Å². The van der Waals surface area contributed by atoms with Gasteiger partial charge in [0.1, 0.15) is 18.0 Å². The SMILES string of the molecule is Cc1onc(-c2ccccc2)c1C[NH+]1CCCCC1. The summed E-state index contributed by atoms with van der Waals surface area (Å²) in [6.45, 7) is 5.62. The Morgan fingerprint density at radius 1 is 1.11 bits per heavy atom. The molecule has 1 saturated heterocycles. The minimum atomic E-state index is 0.969. The molecule has 0 spiro atoms. The third-order valence-electron chi connectivity index (χ3n) is 4.02. The molecule has 2 aromatic rings. The number of rotatable bonds is 3. The van der Waals surface area contributed by atoms with E-state index in [4.69, 9.17) is 4.52 Å². The summed E-state index contributed by atoms with van der Waals surface area (Å²) in [5, 5.41) is 4.26. The summed E-state index contributed by atoms with van der Waals surface area (Å²) < 4.78 is 5.43. The van der Waals surface area contributed by atoms with E-state index in [1.54, 1.807) is 4.90 Å². The van der Waals surface area contributed by atoms with E-state index in [0.29, 0.717) is 0 Å². The van der Waals surface area contributed by atoms with Crippen LogP contribution in [0.4, 0.5) is 0 Å². The van der Waals surface area contributed by atoms with Crippen LogP contribution in [0.5, 0.6) is 0 Å². The predicted octanol–water partition coefficient (Wildman–Crippen LogP) is 2.22. The van der Waals surface area contributed by atoms with Crippen LogP contribution < -0.4 is 4.90 Å². The van der Waals surface area contributed by atoms with Gasteiger partial charge < -0.3 is 9.42 Å². The maximum atomic E-state index is 5.43. The molecule has 3 nitrogen and oxygen atoms in total. The van der Waals surface area contributed by atoms with Gasteiger partial charge in [-0.2, -0.15) is 0 Å². The Labute approximate surface area is 114 Å². The average molecular weight is 257 g/mol. The van der Waals surface area contributed by atoms with Crippen molar-refractivity contribution in [3.63, 3.8) is 0 Å². The molecule has 1 aromatic heterocycles. The van der Waals surface area contributed by atoms with Gasteiger partial charge in [0.2, 0.25) is 0 Å². The Morgan fingerprint density at radius 2 is 1.84 bits per heavy atom. The quantitative estimate of drug-likeness (QED) is 0.914. The van der Waals surface area contributed by atoms with E-state index in [1.807, 2.05) is 13.0 Å². The number of hydrogen-bond acceptors (Lipinski definition) is 2. The third-order valence-corrected chi connectivity index (χ3v) is 4.02. The van der Waals surface area contributed by atoms with Crippen LogP contribution in [0.2, 0.25) is 0 Å². The first kappa shape index (κ1) is 12.4. The molecule has 1 aliphatic rings. The molecule has 100 valence electrons. The molecule has 1 fully saturated rings. The largest absolute Gasteiger partial charge is 0.361 e. The Hall–Kier alpha value is -1.61. The van der Waals surface area contributed by atoms with Gasteiger partial charge in [0, 0.05) is 5.56 Å².